The van der Waals surface area contributed by atoms with Crippen LogP contribution in [0.3, 0.4) is 0 Å². The van der Waals surface area contributed by atoms with Crippen LogP contribution in [0.25, 0.3) is 0 Å². The van der Waals surface area contributed by atoms with E-state index in [9.17, 15) is 14.0 Å². The first-order valence-corrected chi connectivity index (χ1v) is 10.4. The molecule has 0 radical (unpaired) electrons. The first kappa shape index (κ1) is 21.6. The molecule has 0 aliphatic carbocycles. The van der Waals surface area contributed by atoms with Crippen LogP contribution in [-0.4, -0.2) is 47.6 Å². The van der Waals surface area contributed by atoms with Crippen molar-refractivity contribution < 1.29 is 19.1 Å². The smallest absolute Gasteiger partial charge is 0.407 e. The van der Waals surface area contributed by atoms with Crippen LogP contribution in [0.4, 0.5) is 26.2 Å². The van der Waals surface area contributed by atoms with E-state index in [2.05, 4.69) is 20.9 Å². The van der Waals surface area contributed by atoms with E-state index in [0.717, 1.165) is 11.3 Å². The minimum Gasteiger partial charge on any atom is -0.465 e. The highest BCUT2D eigenvalue weighted by Gasteiger charge is 2.20. The molecule has 2 heterocycles. The molecule has 32 heavy (non-hydrogen) atoms. The molecule has 0 spiro atoms. The highest BCUT2D eigenvalue weighted by Crippen LogP contribution is 2.28. The Morgan fingerprint density at radius 2 is 2.00 bits per heavy atom. The number of hydrogen-bond acceptors (Lipinski definition) is 5. The van der Waals surface area contributed by atoms with Crippen molar-refractivity contribution in [3.63, 3.8) is 0 Å². The van der Waals surface area contributed by atoms with Crippen molar-refractivity contribution in [3.05, 3.63) is 64.5 Å². The zero-order chi connectivity index (χ0) is 22.7. The fourth-order valence-electron chi connectivity index (χ4n) is 3.59. The maximum Gasteiger partial charge on any atom is 0.407 e. The summed E-state index contributed by atoms with van der Waals surface area (Å²) in [6.07, 6.45) is 1.38. The molecule has 0 saturated carbocycles. The van der Waals surface area contributed by atoms with Crippen LogP contribution in [0, 0.1) is 5.82 Å². The molecule has 0 atom stereocenters. The van der Waals surface area contributed by atoms with Gasteiger partial charge in [-0.1, -0.05) is 23.2 Å². The number of halogens is 2. The molecule has 0 unspecified atom stereocenters. The fourth-order valence-corrected chi connectivity index (χ4v) is 3.78. The minimum absolute atomic E-state index is 0.0258. The average molecular weight is 458 g/mol. The quantitative estimate of drug-likeness (QED) is 0.512. The van der Waals surface area contributed by atoms with Crippen LogP contribution in [0.15, 0.2) is 53.0 Å². The molecule has 0 bridgehead atoms. The van der Waals surface area contributed by atoms with Gasteiger partial charge in [-0.3, -0.25) is 4.79 Å². The number of carboxylic acid groups (broad SMARTS) is 1. The average Bonchev–Trinajstić information content (AvgIpc) is 2.75. The second-order valence-electron chi connectivity index (χ2n) is 7.42. The third-order valence-corrected chi connectivity index (χ3v) is 5.46. The maximum absolute atomic E-state index is 14.6. The second kappa shape index (κ2) is 9.27. The number of benzene rings is 2. The number of anilines is 3. The monoisotopic (exact) mass is 457 g/mol. The Kier molecular flexibility index (Phi) is 6.27. The van der Waals surface area contributed by atoms with E-state index < -0.39 is 17.8 Å². The van der Waals surface area contributed by atoms with Crippen LogP contribution in [0.1, 0.15) is 18.4 Å². The Hall–Kier alpha value is -3.59. The summed E-state index contributed by atoms with van der Waals surface area (Å²) < 4.78 is 14.6. The third kappa shape index (κ3) is 5.00. The van der Waals surface area contributed by atoms with Gasteiger partial charge in [0, 0.05) is 41.1 Å². The van der Waals surface area contributed by atoms with E-state index >= 15 is 0 Å². The van der Waals surface area contributed by atoms with E-state index in [1.807, 2.05) is 6.07 Å². The molecular formula is C22H21ClFN5O3. The number of rotatable bonds is 3. The van der Waals surface area contributed by atoms with Gasteiger partial charge in [-0.15, -0.1) is 0 Å². The van der Waals surface area contributed by atoms with Crippen LogP contribution in [-0.2, 0) is 4.79 Å². The Morgan fingerprint density at radius 1 is 1.22 bits per heavy atom. The Bertz CT molecular complexity index is 1120. The molecule has 1 saturated heterocycles. The molecule has 4 rings (SSSR count). The number of nitrogens with zero attached hydrogens (tertiary/aromatic N) is 2. The van der Waals surface area contributed by atoms with Crippen molar-refractivity contribution in [2.45, 2.75) is 12.8 Å². The van der Waals surface area contributed by atoms with Crippen molar-refractivity contribution in [1.29, 1.82) is 0 Å². The summed E-state index contributed by atoms with van der Waals surface area (Å²) >= 11 is 6.04. The maximum atomic E-state index is 14.6. The molecule has 0 aromatic heterocycles. The van der Waals surface area contributed by atoms with Crippen molar-refractivity contribution >= 4 is 46.5 Å². The van der Waals surface area contributed by atoms with Crippen LogP contribution >= 0.6 is 11.6 Å². The zero-order valence-electron chi connectivity index (χ0n) is 17.0. The number of piperidine rings is 1. The molecule has 166 valence electrons. The van der Waals surface area contributed by atoms with Crippen molar-refractivity contribution in [2.24, 2.45) is 4.99 Å². The van der Waals surface area contributed by atoms with Gasteiger partial charge in [0.05, 0.1) is 5.69 Å². The lowest BCUT2D eigenvalue weighted by Crippen LogP contribution is -2.35. The van der Waals surface area contributed by atoms with Gasteiger partial charge in [0.2, 0.25) is 5.91 Å². The molecule has 2 aliphatic heterocycles. The van der Waals surface area contributed by atoms with Crippen molar-refractivity contribution in [1.82, 2.24) is 4.90 Å². The summed E-state index contributed by atoms with van der Waals surface area (Å²) in [7, 11) is 0. The molecule has 1 fully saturated rings. The lowest BCUT2D eigenvalue weighted by Gasteiger charge is -2.25. The number of aliphatic imine (C=N–C) groups is 1. The predicted octanol–water partition coefficient (Wildman–Crippen LogP) is 4.36. The lowest BCUT2D eigenvalue weighted by atomic mass is 10.0. The van der Waals surface area contributed by atoms with Crippen LogP contribution < -0.4 is 16.0 Å². The number of hydrogen-bond donors (Lipinski definition) is 4. The topological polar surface area (TPSA) is 106 Å². The zero-order valence-corrected chi connectivity index (χ0v) is 17.7. The first-order chi connectivity index (χ1) is 15.4. The Morgan fingerprint density at radius 3 is 2.72 bits per heavy atom. The summed E-state index contributed by atoms with van der Waals surface area (Å²) in [4.78, 5) is 29.2. The van der Waals surface area contributed by atoms with Gasteiger partial charge in [-0.2, -0.15) is 0 Å². The molecule has 2 aromatic carbocycles. The number of amides is 2. The molecule has 10 heteroatoms. The van der Waals surface area contributed by atoms with E-state index in [4.69, 9.17) is 16.7 Å². The van der Waals surface area contributed by atoms with Gasteiger partial charge in [-0.05, 0) is 43.2 Å². The first-order valence-electron chi connectivity index (χ1n) is 10.0. The van der Waals surface area contributed by atoms with E-state index in [-0.39, 0.29) is 12.4 Å². The predicted molar refractivity (Wildman–Crippen MR) is 122 cm³/mol. The van der Waals surface area contributed by atoms with E-state index in [1.165, 1.54) is 23.1 Å². The highest BCUT2D eigenvalue weighted by molar-refractivity contribution is 6.31. The van der Waals surface area contributed by atoms with E-state index in [0.29, 0.717) is 48.0 Å². The summed E-state index contributed by atoms with van der Waals surface area (Å²) in [5.41, 5.74) is 2.74. The number of carbonyl (C=O) groups excluding carboxylic acids is 1. The largest absolute Gasteiger partial charge is 0.465 e. The molecule has 2 amide bonds. The SMILES string of the molecule is O=C(C=C1CCN(C(=O)O)CC1)Nc1cc2c(cc1F)NCN=C2Nc1cccc(Cl)c1. The standard InChI is InChI=1S/C22H21ClFN5O3/c23-14-2-1-3-15(9-14)27-21-16-10-19(17(24)11-18(16)25-12-26-21)28-20(30)8-13-4-6-29(7-5-13)22(31)32/h1-3,8-11,25H,4-7,12H2,(H,26,27)(H,28,30)(H,31,32). The normalized spacial score (nSPS) is 15.2. The Balaban J connectivity index is 1.50. The summed E-state index contributed by atoms with van der Waals surface area (Å²) in [6.45, 7) is 0.950. The van der Waals surface area contributed by atoms with Gasteiger partial charge >= 0.3 is 6.09 Å². The summed E-state index contributed by atoms with van der Waals surface area (Å²) in [6, 6.07) is 9.99. The molecule has 2 aliphatic rings. The molecule has 8 nitrogen and oxygen atoms in total. The molecular weight excluding hydrogens is 437 g/mol. The van der Waals surface area contributed by atoms with Gasteiger partial charge in [0.15, 0.2) is 0 Å². The number of nitrogens with one attached hydrogen (secondary N) is 3. The minimum atomic E-state index is -0.970. The number of likely N-dealkylation sites (tertiary alicyclic amines) is 1. The number of amidine groups is 1. The number of fused-ring (bicyclic) bond motifs is 1. The molecule has 4 N–H and O–H groups in total. The van der Waals surface area contributed by atoms with Crippen molar-refractivity contribution in [3.8, 4) is 0 Å². The van der Waals surface area contributed by atoms with E-state index in [1.54, 1.807) is 18.2 Å². The van der Waals surface area contributed by atoms with Crippen LogP contribution in [0.2, 0.25) is 5.02 Å². The van der Waals surface area contributed by atoms with Crippen LogP contribution in [0.5, 0.6) is 0 Å². The lowest BCUT2D eigenvalue weighted by molar-refractivity contribution is -0.112. The fraction of sp³-hybridized carbons (Fsp3) is 0.227. The second-order valence-corrected chi connectivity index (χ2v) is 7.85. The van der Waals surface area contributed by atoms with Crippen molar-refractivity contribution in [2.75, 3.05) is 35.7 Å². The summed E-state index contributed by atoms with van der Waals surface area (Å²) in [5.74, 6) is -0.517. The van der Waals surface area contributed by atoms with Gasteiger partial charge in [-0.25, -0.2) is 14.2 Å². The number of carbonyl (C=O) groups is 2. The highest BCUT2D eigenvalue weighted by atomic mass is 35.5. The van der Waals surface area contributed by atoms with Gasteiger partial charge < -0.3 is 26.0 Å². The molecule has 2 aromatic rings. The van der Waals surface area contributed by atoms with Gasteiger partial charge in [0.25, 0.3) is 0 Å². The third-order valence-electron chi connectivity index (χ3n) is 5.23. The Labute approximate surface area is 188 Å². The summed E-state index contributed by atoms with van der Waals surface area (Å²) in [5, 5.41) is 18.4. The van der Waals surface area contributed by atoms with Gasteiger partial charge in [0.1, 0.15) is 18.3 Å².